The van der Waals surface area contributed by atoms with Crippen LogP contribution in [-0.2, 0) is 17.8 Å². The Morgan fingerprint density at radius 3 is 2.83 bits per heavy atom. The lowest BCUT2D eigenvalue weighted by atomic mass is 9.76. The van der Waals surface area contributed by atoms with Gasteiger partial charge in [-0.3, -0.25) is 0 Å². The number of carbonyl (C=O) groups is 1. The van der Waals surface area contributed by atoms with Crippen LogP contribution in [0.15, 0.2) is 0 Å². The predicted octanol–water partition coefficient (Wildman–Crippen LogP) is 1.56. The zero-order valence-electron chi connectivity index (χ0n) is 14.1. The third kappa shape index (κ3) is 3.83. The van der Waals surface area contributed by atoms with E-state index in [0.29, 0.717) is 25.6 Å². The summed E-state index contributed by atoms with van der Waals surface area (Å²) in [6.07, 6.45) is 3.88. The van der Waals surface area contributed by atoms with Crippen molar-refractivity contribution in [3.8, 4) is 0 Å². The van der Waals surface area contributed by atoms with Crippen LogP contribution in [0.1, 0.15) is 37.6 Å². The van der Waals surface area contributed by atoms with Crippen LogP contribution >= 0.6 is 0 Å². The molecule has 1 saturated heterocycles. The van der Waals surface area contributed by atoms with E-state index in [2.05, 4.69) is 15.5 Å². The van der Waals surface area contributed by atoms with Gasteiger partial charge in [-0.15, -0.1) is 0 Å². The number of carbonyl (C=O) groups excluding carboxylic acids is 1. The molecule has 7 nitrogen and oxygen atoms in total. The number of ether oxygens (including phenoxy) is 1. The summed E-state index contributed by atoms with van der Waals surface area (Å²) < 4.78 is 5.70. The van der Waals surface area contributed by atoms with Crippen LogP contribution < -0.4 is 5.32 Å². The van der Waals surface area contributed by atoms with E-state index in [9.17, 15) is 4.79 Å². The molecule has 2 heterocycles. The zero-order chi connectivity index (χ0) is 16.2. The van der Waals surface area contributed by atoms with Crippen molar-refractivity contribution in [1.82, 2.24) is 25.2 Å². The maximum atomic E-state index is 12.5. The van der Waals surface area contributed by atoms with E-state index in [0.717, 1.165) is 37.0 Å². The van der Waals surface area contributed by atoms with Crippen LogP contribution in [0.2, 0.25) is 0 Å². The summed E-state index contributed by atoms with van der Waals surface area (Å²) in [5.41, 5.74) is 1.71. The molecular weight excluding hydrogens is 294 g/mol. The summed E-state index contributed by atoms with van der Waals surface area (Å²) in [6, 6.07) is -0.0229. The summed E-state index contributed by atoms with van der Waals surface area (Å²) in [5, 5.41) is 11.7. The molecule has 1 N–H and O–H groups in total. The quantitative estimate of drug-likeness (QED) is 0.913. The normalized spacial score (nSPS) is 22.5. The monoisotopic (exact) mass is 321 g/mol. The summed E-state index contributed by atoms with van der Waals surface area (Å²) >= 11 is 0. The molecule has 1 aromatic rings. The first-order valence-electron chi connectivity index (χ1n) is 8.68. The van der Waals surface area contributed by atoms with Gasteiger partial charge >= 0.3 is 6.03 Å². The predicted molar refractivity (Wildman–Crippen MR) is 85.9 cm³/mol. The molecule has 1 saturated carbocycles. The Kier molecular flexibility index (Phi) is 5.15. The Balaban J connectivity index is 1.54. The number of hydrogen-bond donors (Lipinski definition) is 1. The highest BCUT2D eigenvalue weighted by atomic mass is 16.5. The molecule has 0 aromatic carbocycles. The van der Waals surface area contributed by atoms with Gasteiger partial charge in [0.05, 0.1) is 32.0 Å². The van der Waals surface area contributed by atoms with Gasteiger partial charge in [0.25, 0.3) is 0 Å². The minimum absolute atomic E-state index is 0.0229. The number of nitrogens with one attached hydrogen (secondary N) is 1. The van der Waals surface area contributed by atoms with Crippen molar-refractivity contribution in [2.75, 3.05) is 26.3 Å². The summed E-state index contributed by atoms with van der Waals surface area (Å²) in [4.78, 5) is 16.0. The molecule has 1 aliphatic carbocycles. The standard InChI is InChI=1S/C16H27N5O2/c1-3-21-18-12(2)15(19-21)9-17-16(22)20-7-8-23-11-14(10-20)13-5-4-6-13/h13-14H,3-11H2,1-2H3,(H,17,22). The molecule has 2 aliphatic rings. The minimum atomic E-state index is -0.0229. The maximum absolute atomic E-state index is 12.5. The number of aromatic nitrogens is 3. The molecule has 1 aliphatic heterocycles. The van der Waals surface area contributed by atoms with Gasteiger partial charge < -0.3 is 15.0 Å². The summed E-state index contributed by atoms with van der Waals surface area (Å²) in [7, 11) is 0. The Morgan fingerprint density at radius 2 is 2.17 bits per heavy atom. The Bertz CT molecular complexity index is 541. The first kappa shape index (κ1) is 16.2. The number of amides is 2. The highest BCUT2D eigenvalue weighted by Gasteiger charge is 2.31. The lowest BCUT2D eigenvalue weighted by Gasteiger charge is -2.34. The van der Waals surface area contributed by atoms with E-state index >= 15 is 0 Å². The number of aryl methyl sites for hydroxylation is 2. The average Bonchev–Trinajstić information content (AvgIpc) is 2.69. The van der Waals surface area contributed by atoms with Crippen LogP contribution in [0.25, 0.3) is 0 Å². The van der Waals surface area contributed by atoms with Crippen LogP contribution in [0.4, 0.5) is 4.79 Å². The number of hydrogen-bond acceptors (Lipinski definition) is 4. The maximum Gasteiger partial charge on any atom is 0.317 e. The highest BCUT2D eigenvalue weighted by molar-refractivity contribution is 5.74. The van der Waals surface area contributed by atoms with Gasteiger partial charge in [-0.2, -0.15) is 15.0 Å². The zero-order valence-corrected chi connectivity index (χ0v) is 14.1. The first-order chi connectivity index (χ1) is 11.2. The minimum Gasteiger partial charge on any atom is -0.379 e. The van der Waals surface area contributed by atoms with E-state index < -0.39 is 0 Å². The molecule has 0 radical (unpaired) electrons. The average molecular weight is 321 g/mol. The molecule has 128 valence electrons. The second-order valence-electron chi connectivity index (χ2n) is 6.55. The van der Waals surface area contributed by atoms with Gasteiger partial charge in [0.1, 0.15) is 5.69 Å². The van der Waals surface area contributed by atoms with Crippen LogP contribution in [0.3, 0.4) is 0 Å². The van der Waals surface area contributed by atoms with Gasteiger partial charge in [-0.25, -0.2) is 4.79 Å². The van der Waals surface area contributed by atoms with E-state index in [1.54, 1.807) is 4.80 Å². The van der Waals surface area contributed by atoms with E-state index in [1.165, 1.54) is 19.3 Å². The Labute approximate surface area is 137 Å². The fourth-order valence-corrected chi connectivity index (χ4v) is 3.26. The van der Waals surface area contributed by atoms with E-state index in [1.807, 2.05) is 18.7 Å². The number of rotatable bonds is 4. The molecule has 23 heavy (non-hydrogen) atoms. The SMILES string of the molecule is CCn1nc(C)c(CNC(=O)N2CCOCC(C3CCC3)C2)n1. The lowest BCUT2D eigenvalue weighted by molar-refractivity contribution is 0.0775. The fraction of sp³-hybridized carbons (Fsp3) is 0.812. The first-order valence-corrected chi connectivity index (χ1v) is 8.68. The summed E-state index contributed by atoms with van der Waals surface area (Å²) in [6.45, 7) is 7.97. The second-order valence-corrected chi connectivity index (χ2v) is 6.55. The summed E-state index contributed by atoms with van der Waals surface area (Å²) in [5.74, 6) is 1.22. The van der Waals surface area contributed by atoms with Crippen molar-refractivity contribution in [3.63, 3.8) is 0 Å². The molecule has 2 fully saturated rings. The fourth-order valence-electron chi connectivity index (χ4n) is 3.26. The smallest absolute Gasteiger partial charge is 0.317 e. The van der Waals surface area contributed by atoms with Crippen molar-refractivity contribution in [2.24, 2.45) is 11.8 Å². The molecule has 0 spiro atoms. The molecule has 7 heteroatoms. The van der Waals surface area contributed by atoms with Crippen LogP contribution in [-0.4, -0.2) is 52.2 Å². The van der Waals surface area contributed by atoms with Crippen LogP contribution in [0.5, 0.6) is 0 Å². The van der Waals surface area contributed by atoms with E-state index in [4.69, 9.17) is 4.74 Å². The van der Waals surface area contributed by atoms with Gasteiger partial charge in [0.15, 0.2) is 0 Å². The second kappa shape index (κ2) is 7.29. The van der Waals surface area contributed by atoms with Gasteiger partial charge in [0.2, 0.25) is 0 Å². The van der Waals surface area contributed by atoms with Gasteiger partial charge in [-0.05, 0) is 19.8 Å². The Hall–Kier alpha value is -1.63. The third-order valence-corrected chi connectivity index (χ3v) is 5.01. The number of nitrogens with zero attached hydrogens (tertiary/aromatic N) is 4. The molecule has 1 atom stereocenters. The largest absolute Gasteiger partial charge is 0.379 e. The number of urea groups is 1. The molecule has 1 aromatic heterocycles. The van der Waals surface area contributed by atoms with Gasteiger partial charge in [-0.1, -0.05) is 19.3 Å². The van der Waals surface area contributed by atoms with Crippen molar-refractivity contribution >= 4 is 6.03 Å². The lowest BCUT2D eigenvalue weighted by Crippen LogP contribution is -2.44. The highest BCUT2D eigenvalue weighted by Crippen LogP contribution is 2.34. The molecular formula is C16H27N5O2. The third-order valence-electron chi connectivity index (χ3n) is 5.01. The van der Waals surface area contributed by atoms with Crippen LogP contribution in [0, 0.1) is 18.8 Å². The molecule has 3 rings (SSSR count). The van der Waals surface area contributed by atoms with Crippen molar-refractivity contribution in [1.29, 1.82) is 0 Å². The van der Waals surface area contributed by atoms with Crippen molar-refractivity contribution < 1.29 is 9.53 Å². The molecule has 0 bridgehead atoms. The topological polar surface area (TPSA) is 72.3 Å². The van der Waals surface area contributed by atoms with E-state index in [-0.39, 0.29) is 6.03 Å². The van der Waals surface area contributed by atoms with Gasteiger partial charge in [0, 0.05) is 19.0 Å². The van der Waals surface area contributed by atoms with Crippen molar-refractivity contribution in [3.05, 3.63) is 11.4 Å². The molecule has 1 unspecified atom stereocenters. The molecule has 2 amide bonds. The Morgan fingerprint density at radius 1 is 1.35 bits per heavy atom. The van der Waals surface area contributed by atoms with Crippen molar-refractivity contribution in [2.45, 2.75) is 46.2 Å².